The van der Waals surface area contributed by atoms with Gasteiger partial charge in [-0.15, -0.1) is 34.0 Å². The molecule has 0 aliphatic rings. The largest absolute Gasteiger partial charge is 0.508 e. The van der Waals surface area contributed by atoms with Crippen LogP contribution in [0.4, 0.5) is 0 Å². The van der Waals surface area contributed by atoms with Gasteiger partial charge in [-0.3, -0.25) is 0 Å². The molecule has 5 heteroatoms. The molecule has 0 heterocycles. The standard InChI is InChI=1S/C10H16N2O.2BrH/c1-12(2)7-9-5-8(6-11)3-4-10(9)13;;/h3-5,13H,6-7,11H2,1-2H3;2*1H. The van der Waals surface area contributed by atoms with Crippen molar-refractivity contribution in [2.24, 2.45) is 5.73 Å². The summed E-state index contributed by atoms with van der Waals surface area (Å²) in [5.74, 6) is 0.339. The predicted molar refractivity (Wildman–Crippen MR) is 74.0 cm³/mol. The first-order valence-corrected chi connectivity index (χ1v) is 4.29. The molecule has 3 nitrogen and oxygen atoms in total. The molecule has 88 valence electrons. The van der Waals surface area contributed by atoms with Gasteiger partial charge in [-0.25, -0.2) is 0 Å². The normalized spacial score (nSPS) is 9.33. The molecule has 0 aliphatic carbocycles. The first kappa shape index (κ1) is 17.3. The molecule has 0 saturated carbocycles. The van der Waals surface area contributed by atoms with Crippen molar-refractivity contribution in [2.45, 2.75) is 13.1 Å². The SMILES string of the molecule is Br.Br.CN(C)Cc1cc(CN)ccc1O. The Morgan fingerprint density at radius 2 is 1.87 bits per heavy atom. The van der Waals surface area contributed by atoms with E-state index in [1.54, 1.807) is 6.07 Å². The van der Waals surface area contributed by atoms with Crippen LogP contribution in [0.5, 0.6) is 5.75 Å². The van der Waals surface area contributed by atoms with Gasteiger partial charge in [-0.1, -0.05) is 6.07 Å². The zero-order valence-electron chi connectivity index (χ0n) is 8.93. The van der Waals surface area contributed by atoms with Crippen LogP contribution in [0, 0.1) is 0 Å². The Hall–Kier alpha value is -0.100. The van der Waals surface area contributed by atoms with Gasteiger partial charge in [0.2, 0.25) is 0 Å². The molecule has 3 N–H and O–H groups in total. The number of nitrogens with two attached hydrogens (primary N) is 1. The fourth-order valence-corrected chi connectivity index (χ4v) is 1.23. The molecule has 1 aromatic carbocycles. The number of phenols is 1. The molecule has 0 saturated heterocycles. The monoisotopic (exact) mass is 340 g/mol. The maximum absolute atomic E-state index is 9.51. The minimum absolute atomic E-state index is 0. The van der Waals surface area contributed by atoms with E-state index in [4.69, 9.17) is 5.73 Å². The molecule has 0 aliphatic heterocycles. The third-order valence-corrected chi connectivity index (χ3v) is 1.87. The summed E-state index contributed by atoms with van der Waals surface area (Å²) in [6.07, 6.45) is 0. The number of benzene rings is 1. The van der Waals surface area contributed by atoms with Crippen molar-refractivity contribution in [3.05, 3.63) is 29.3 Å². The zero-order valence-corrected chi connectivity index (χ0v) is 12.4. The van der Waals surface area contributed by atoms with E-state index in [-0.39, 0.29) is 34.0 Å². The summed E-state index contributed by atoms with van der Waals surface area (Å²) in [6, 6.07) is 5.48. The highest BCUT2D eigenvalue weighted by molar-refractivity contribution is 8.93. The summed E-state index contributed by atoms with van der Waals surface area (Å²) < 4.78 is 0. The van der Waals surface area contributed by atoms with E-state index in [1.807, 2.05) is 31.1 Å². The van der Waals surface area contributed by atoms with Crippen LogP contribution in [0.2, 0.25) is 0 Å². The topological polar surface area (TPSA) is 49.5 Å². The Morgan fingerprint density at radius 1 is 1.27 bits per heavy atom. The maximum Gasteiger partial charge on any atom is 0.120 e. The summed E-state index contributed by atoms with van der Waals surface area (Å²) >= 11 is 0. The molecule has 0 amide bonds. The van der Waals surface area contributed by atoms with Crippen LogP contribution in [0.1, 0.15) is 11.1 Å². The Balaban J connectivity index is 0. The molecule has 1 rings (SSSR count). The minimum atomic E-state index is 0. The highest BCUT2D eigenvalue weighted by Crippen LogP contribution is 2.19. The second-order valence-electron chi connectivity index (χ2n) is 3.40. The Labute approximate surface area is 112 Å². The minimum Gasteiger partial charge on any atom is -0.508 e. The highest BCUT2D eigenvalue weighted by atomic mass is 79.9. The molecule has 0 aromatic heterocycles. The number of hydrogen-bond donors (Lipinski definition) is 2. The quantitative estimate of drug-likeness (QED) is 0.884. The predicted octanol–water partition coefficient (Wildman–Crippen LogP) is 2.07. The molecular formula is C10H18Br2N2O. The van der Waals surface area contributed by atoms with Crippen LogP contribution in [0.15, 0.2) is 18.2 Å². The van der Waals surface area contributed by atoms with Crippen molar-refractivity contribution in [3.8, 4) is 5.75 Å². The van der Waals surface area contributed by atoms with E-state index in [1.165, 1.54) is 0 Å². The Kier molecular flexibility index (Phi) is 9.34. The third-order valence-electron chi connectivity index (χ3n) is 1.87. The second kappa shape index (κ2) is 8.10. The Morgan fingerprint density at radius 3 is 2.33 bits per heavy atom. The molecule has 0 spiro atoms. The molecule has 0 radical (unpaired) electrons. The molecule has 0 atom stereocenters. The van der Waals surface area contributed by atoms with Crippen molar-refractivity contribution in [3.63, 3.8) is 0 Å². The van der Waals surface area contributed by atoms with Crippen molar-refractivity contribution >= 4 is 34.0 Å². The van der Waals surface area contributed by atoms with E-state index in [9.17, 15) is 5.11 Å². The van der Waals surface area contributed by atoms with Gasteiger partial charge in [0.1, 0.15) is 5.75 Å². The average Bonchev–Trinajstić information content (AvgIpc) is 2.08. The lowest BCUT2D eigenvalue weighted by atomic mass is 10.1. The zero-order chi connectivity index (χ0) is 9.84. The number of halogens is 2. The van der Waals surface area contributed by atoms with E-state index in [2.05, 4.69) is 0 Å². The fourth-order valence-electron chi connectivity index (χ4n) is 1.23. The number of nitrogens with zero attached hydrogens (tertiary/aromatic N) is 1. The van der Waals surface area contributed by atoms with Gasteiger partial charge in [0.25, 0.3) is 0 Å². The van der Waals surface area contributed by atoms with Gasteiger partial charge < -0.3 is 15.7 Å². The molecule has 0 bridgehead atoms. The third kappa shape index (κ3) is 5.51. The molecular weight excluding hydrogens is 324 g/mol. The summed E-state index contributed by atoms with van der Waals surface area (Å²) in [7, 11) is 3.93. The maximum atomic E-state index is 9.51. The van der Waals surface area contributed by atoms with Crippen LogP contribution >= 0.6 is 34.0 Å². The first-order chi connectivity index (χ1) is 6.13. The van der Waals surface area contributed by atoms with Crippen LogP contribution < -0.4 is 5.73 Å². The number of rotatable bonds is 3. The molecule has 1 aromatic rings. The smallest absolute Gasteiger partial charge is 0.120 e. The summed E-state index contributed by atoms with van der Waals surface area (Å²) in [5.41, 5.74) is 7.48. The van der Waals surface area contributed by atoms with Gasteiger partial charge in [-0.2, -0.15) is 0 Å². The van der Waals surface area contributed by atoms with Gasteiger partial charge in [-0.05, 0) is 31.8 Å². The highest BCUT2D eigenvalue weighted by Gasteiger charge is 2.02. The first-order valence-electron chi connectivity index (χ1n) is 4.29. The van der Waals surface area contributed by atoms with E-state index in [0.717, 1.165) is 17.7 Å². The fraction of sp³-hybridized carbons (Fsp3) is 0.400. The summed E-state index contributed by atoms with van der Waals surface area (Å²) in [5, 5.41) is 9.51. The lowest BCUT2D eigenvalue weighted by Gasteiger charge is -2.12. The van der Waals surface area contributed by atoms with Gasteiger partial charge in [0.05, 0.1) is 0 Å². The van der Waals surface area contributed by atoms with Gasteiger partial charge in [0, 0.05) is 18.7 Å². The van der Waals surface area contributed by atoms with Crippen molar-refractivity contribution in [1.29, 1.82) is 0 Å². The van der Waals surface area contributed by atoms with Crippen molar-refractivity contribution in [2.75, 3.05) is 14.1 Å². The van der Waals surface area contributed by atoms with E-state index >= 15 is 0 Å². The van der Waals surface area contributed by atoms with Crippen LogP contribution in [-0.4, -0.2) is 24.1 Å². The molecule has 0 unspecified atom stereocenters. The lowest BCUT2D eigenvalue weighted by molar-refractivity contribution is 0.385. The lowest BCUT2D eigenvalue weighted by Crippen LogP contribution is -2.11. The molecule has 15 heavy (non-hydrogen) atoms. The number of phenolic OH excluding ortho intramolecular Hbond substituents is 1. The van der Waals surface area contributed by atoms with Gasteiger partial charge >= 0.3 is 0 Å². The van der Waals surface area contributed by atoms with Crippen LogP contribution in [-0.2, 0) is 13.1 Å². The van der Waals surface area contributed by atoms with E-state index in [0.29, 0.717) is 12.3 Å². The van der Waals surface area contributed by atoms with Crippen LogP contribution in [0.25, 0.3) is 0 Å². The van der Waals surface area contributed by atoms with Gasteiger partial charge in [0.15, 0.2) is 0 Å². The molecule has 0 fully saturated rings. The van der Waals surface area contributed by atoms with Crippen molar-refractivity contribution in [1.82, 2.24) is 4.90 Å². The summed E-state index contributed by atoms with van der Waals surface area (Å²) in [4.78, 5) is 2.01. The second-order valence-corrected chi connectivity index (χ2v) is 3.40. The average molecular weight is 342 g/mol. The number of aromatic hydroxyl groups is 1. The van der Waals surface area contributed by atoms with Crippen molar-refractivity contribution < 1.29 is 5.11 Å². The van der Waals surface area contributed by atoms with E-state index < -0.39 is 0 Å². The Bertz CT molecular complexity index is 293. The number of hydrogen-bond acceptors (Lipinski definition) is 3. The summed E-state index contributed by atoms with van der Waals surface area (Å²) in [6.45, 7) is 1.25. The van der Waals surface area contributed by atoms with Crippen LogP contribution in [0.3, 0.4) is 0 Å².